The Bertz CT molecular complexity index is 147. The third-order valence-corrected chi connectivity index (χ3v) is 0.862. The lowest BCUT2D eigenvalue weighted by atomic mass is 10.4. The lowest BCUT2D eigenvalue weighted by Crippen LogP contribution is -2.36. The normalized spacial score (nSPS) is 8.67. The highest BCUT2D eigenvalue weighted by Gasteiger charge is 2.10. The van der Waals surface area contributed by atoms with Gasteiger partial charge in [0.1, 0.15) is 0 Å². The van der Waals surface area contributed by atoms with E-state index in [1.54, 1.807) is 20.0 Å². The van der Waals surface area contributed by atoms with Crippen molar-refractivity contribution in [1.82, 2.24) is 4.90 Å². The Hall–Kier alpha value is -1.24. The summed E-state index contributed by atoms with van der Waals surface area (Å²) < 4.78 is 0. The maximum absolute atomic E-state index is 10.3. The van der Waals surface area contributed by atoms with E-state index in [0.717, 1.165) is 4.90 Å². The van der Waals surface area contributed by atoms with Gasteiger partial charge in [0.05, 0.1) is 0 Å². The molecule has 0 aliphatic carbocycles. The number of urea groups is 1. The molecule has 0 spiro atoms. The number of nitriles is 1. The monoisotopic (exact) mass is 127 g/mol. The average Bonchev–Trinajstić information content (AvgIpc) is 1.64. The summed E-state index contributed by atoms with van der Waals surface area (Å²) in [6.07, 6.45) is 1.66. The van der Waals surface area contributed by atoms with E-state index in [0.29, 0.717) is 0 Å². The van der Waals surface area contributed by atoms with Gasteiger partial charge in [-0.25, -0.2) is 9.69 Å². The molecule has 50 valence electrons. The van der Waals surface area contributed by atoms with Crippen molar-refractivity contribution in [2.75, 3.05) is 0 Å². The fourth-order valence-electron chi connectivity index (χ4n) is 0.419. The Kier molecular flexibility index (Phi) is 2.52. The Balaban J connectivity index is 4.04. The minimum absolute atomic E-state index is 0.146. The summed E-state index contributed by atoms with van der Waals surface area (Å²) >= 11 is 0. The van der Waals surface area contributed by atoms with Gasteiger partial charge in [0.2, 0.25) is 0 Å². The number of nitrogens with zero attached hydrogens (tertiary/aromatic N) is 2. The zero-order chi connectivity index (χ0) is 7.44. The van der Waals surface area contributed by atoms with Crippen LogP contribution in [0.2, 0.25) is 0 Å². The van der Waals surface area contributed by atoms with Crippen LogP contribution >= 0.6 is 0 Å². The number of carbonyl (C=O) groups excluding carboxylic acids is 1. The Labute approximate surface area is 53.9 Å². The molecular weight excluding hydrogens is 118 g/mol. The molecule has 0 saturated carbocycles. The Morgan fingerprint density at radius 2 is 2.22 bits per heavy atom. The SMILES string of the molecule is CC(C)N(C#N)C(N)=O. The van der Waals surface area contributed by atoms with Crippen LogP contribution in [-0.4, -0.2) is 17.0 Å². The molecule has 2 amide bonds. The van der Waals surface area contributed by atoms with E-state index in [-0.39, 0.29) is 6.04 Å². The molecule has 2 N–H and O–H groups in total. The second-order valence-corrected chi connectivity index (χ2v) is 1.90. The summed E-state index contributed by atoms with van der Waals surface area (Å²) in [5.41, 5.74) is 4.81. The van der Waals surface area contributed by atoms with Gasteiger partial charge in [-0.2, -0.15) is 5.26 Å². The summed E-state index contributed by atoms with van der Waals surface area (Å²) in [6, 6.07) is -0.847. The van der Waals surface area contributed by atoms with Crippen LogP contribution in [-0.2, 0) is 0 Å². The van der Waals surface area contributed by atoms with E-state index in [1.807, 2.05) is 0 Å². The van der Waals surface area contributed by atoms with Gasteiger partial charge in [0, 0.05) is 6.04 Å². The number of nitrogens with two attached hydrogens (primary N) is 1. The molecule has 0 heterocycles. The molecule has 0 saturated heterocycles. The van der Waals surface area contributed by atoms with E-state index >= 15 is 0 Å². The molecule has 4 nitrogen and oxygen atoms in total. The third kappa shape index (κ3) is 2.00. The summed E-state index contributed by atoms with van der Waals surface area (Å²) in [5, 5.41) is 8.24. The summed E-state index contributed by atoms with van der Waals surface area (Å²) in [6.45, 7) is 3.43. The second-order valence-electron chi connectivity index (χ2n) is 1.90. The van der Waals surface area contributed by atoms with E-state index < -0.39 is 6.03 Å². The predicted molar refractivity (Wildman–Crippen MR) is 32.2 cm³/mol. The fraction of sp³-hybridized carbons (Fsp3) is 0.600. The molecule has 0 fully saturated rings. The fourth-order valence-corrected chi connectivity index (χ4v) is 0.419. The molecule has 0 bridgehead atoms. The molecular formula is C5H9N3O. The first-order valence-electron chi connectivity index (χ1n) is 2.58. The average molecular weight is 127 g/mol. The first kappa shape index (κ1) is 7.76. The lowest BCUT2D eigenvalue weighted by molar-refractivity contribution is 0.218. The summed E-state index contributed by atoms with van der Waals surface area (Å²) in [4.78, 5) is 11.2. The number of amides is 2. The van der Waals surface area contributed by atoms with Crippen LogP contribution in [0.1, 0.15) is 13.8 Å². The number of carbonyl (C=O) groups is 1. The van der Waals surface area contributed by atoms with Crippen molar-refractivity contribution in [3.63, 3.8) is 0 Å². The van der Waals surface area contributed by atoms with Crippen molar-refractivity contribution >= 4 is 6.03 Å². The Morgan fingerprint density at radius 1 is 1.78 bits per heavy atom. The quantitative estimate of drug-likeness (QED) is 0.405. The zero-order valence-corrected chi connectivity index (χ0v) is 5.46. The van der Waals surface area contributed by atoms with E-state index in [9.17, 15) is 4.79 Å². The minimum atomic E-state index is -0.701. The smallest absolute Gasteiger partial charge is 0.328 e. The first-order valence-corrected chi connectivity index (χ1v) is 2.58. The molecule has 0 aliphatic rings. The van der Waals surface area contributed by atoms with E-state index in [4.69, 9.17) is 11.0 Å². The molecule has 0 aromatic rings. The maximum atomic E-state index is 10.3. The molecule has 0 aromatic heterocycles. The maximum Gasteiger partial charge on any atom is 0.328 e. The highest BCUT2D eigenvalue weighted by Crippen LogP contribution is 1.92. The second kappa shape index (κ2) is 2.92. The van der Waals surface area contributed by atoms with Crippen LogP contribution in [0.25, 0.3) is 0 Å². The van der Waals surface area contributed by atoms with Crippen LogP contribution in [0.4, 0.5) is 4.79 Å². The highest BCUT2D eigenvalue weighted by molar-refractivity contribution is 5.73. The van der Waals surface area contributed by atoms with Crippen LogP contribution < -0.4 is 5.73 Å². The van der Waals surface area contributed by atoms with Crippen LogP contribution in [0, 0.1) is 11.5 Å². The van der Waals surface area contributed by atoms with Crippen molar-refractivity contribution in [2.45, 2.75) is 19.9 Å². The molecule has 0 aromatic carbocycles. The largest absolute Gasteiger partial charge is 0.351 e. The van der Waals surface area contributed by atoms with Crippen molar-refractivity contribution in [3.8, 4) is 6.19 Å². The highest BCUT2D eigenvalue weighted by atomic mass is 16.2. The minimum Gasteiger partial charge on any atom is -0.351 e. The summed E-state index contributed by atoms with van der Waals surface area (Å²) in [5.74, 6) is 0. The van der Waals surface area contributed by atoms with Crippen LogP contribution in [0.15, 0.2) is 0 Å². The predicted octanol–water partition coefficient (Wildman–Crippen LogP) is 0.257. The van der Waals surface area contributed by atoms with Crippen molar-refractivity contribution in [2.24, 2.45) is 5.73 Å². The van der Waals surface area contributed by atoms with Crippen LogP contribution in [0.3, 0.4) is 0 Å². The number of rotatable bonds is 1. The van der Waals surface area contributed by atoms with Crippen molar-refractivity contribution < 1.29 is 4.79 Å². The molecule has 0 aliphatic heterocycles. The van der Waals surface area contributed by atoms with Gasteiger partial charge < -0.3 is 5.73 Å². The molecule has 9 heavy (non-hydrogen) atoms. The van der Waals surface area contributed by atoms with Gasteiger partial charge in [-0.3, -0.25) is 0 Å². The number of hydrogen-bond donors (Lipinski definition) is 1. The van der Waals surface area contributed by atoms with Gasteiger partial charge in [-0.15, -0.1) is 0 Å². The van der Waals surface area contributed by atoms with Gasteiger partial charge in [-0.1, -0.05) is 0 Å². The number of hydrogen-bond acceptors (Lipinski definition) is 2. The molecule has 0 atom stereocenters. The van der Waals surface area contributed by atoms with Gasteiger partial charge in [0.25, 0.3) is 0 Å². The van der Waals surface area contributed by atoms with Gasteiger partial charge >= 0.3 is 6.03 Å². The summed E-state index contributed by atoms with van der Waals surface area (Å²) in [7, 11) is 0. The van der Waals surface area contributed by atoms with E-state index in [2.05, 4.69) is 0 Å². The van der Waals surface area contributed by atoms with E-state index in [1.165, 1.54) is 0 Å². The number of primary amides is 1. The van der Waals surface area contributed by atoms with Crippen molar-refractivity contribution in [1.29, 1.82) is 5.26 Å². The topological polar surface area (TPSA) is 70.1 Å². The van der Waals surface area contributed by atoms with Gasteiger partial charge in [-0.05, 0) is 13.8 Å². The molecule has 0 radical (unpaired) electrons. The third-order valence-electron chi connectivity index (χ3n) is 0.862. The molecule has 0 rings (SSSR count). The Morgan fingerprint density at radius 3 is 2.22 bits per heavy atom. The lowest BCUT2D eigenvalue weighted by Gasteiger charge is -2.13. The molecule has 0 unspecified atom stereocenters. The first-order chi connectivity index (χ1) is 4.09. The van der Waals surface area contributed by atoms with Crippen LogP contribution in [0.5, 0.6) is 0 Å². The molecule has 4 heteroatoms. The van der Waals surface area contributed by atoms with Crippen molar-refractivity contribution in [3.05, 3.63) is 0 Å². The zero-order valence-electron chi connectivity index (χ0n) is 5.46. The van der Waals surface area contributed by atoms with Gasteiger partial charge in [0.15, 0.2) is 6.19 Å². The standard InChI is InChI=1S/C5H9N3O/c1-4(2)8(3-6)5(7)9/h4H,1-2H3,(H2,7,9).